The first kappa shape index (κ1) is 12.3. The van der Waals surface area contributed by atoms with Gasteiger partial charge in [-0.3, -0.25) is 0 Å². The van der Waals surface area contributed by atoms with Crippen LogP contribution in [0.2, 0.25) is 0 Å². The Morgan fingerprint density at radius 2 is 1.36 bits per heavy atom. The molecule has 0 saturated heterocycles. The zero-order valence-corrected chi connectivity index (χ0v) is 13.8. The highest BCUT2D eigenvalue weighted by Gasteiger charge is 3.02. The van der Waals surface area contributed by atoms with E-state index in [1.54, 1.807) is 0 Å². The lowest BCUT2D eigenvalue weighted by Gasteiger charge is -2.50. The van der Waals surface area contributed by atoms with E-state index in [9.17, 15) is 9.59 Å². The fourth-order valence-electron chi connectivity index (χ4n) is 9.09. The molecule has 2 unspecified atom stereocenters. The van der Waals surface area contributed by atoms with Gasteiger partial charge in [0.1, 0.15) is 0 Å². The molecular formula is C20H19N3O2. The molecular weight excluding hydrogens is 314 g/mol. The molecule has 2 bridgehead atoms. The minimum Gasteiger partial charge on any atom is -0.245 e. The SMILES string of the molecule is O=c1n(-c2ccccc2)c(=O)n2n1[C@H]1[C@H]3C4C5[C@@]16CCCC[C@]56[C@@H]2[C@@H]43. The van der Waals surface area contributed by atoms with Crippen LogP contribution in [0.4, 0.5) is 0 Å². The molecule has 5 aliphatic carbocycles. The zero-order chi connectivity index (χ0) is 16.3. The van der Waals surface area contributed by atoms with E-state index in [4.69, 9.17) is 0 Å². The smallest absolute Gasteiger partial charge is 0.245 e. The summed E-state index contributed by atoms with van der Waals surface area (Å²) in [5, 5.41) is 0. The molecule has 5 nitrogen and oxygen atoms in total. The van der Waals surface area contributed by atoms with Crippen molar-refractivity contribution in [2.24, 2.45) is 34.5 Å². The van der Waals surface area contributed by atoms with Gasteiger partial charge in [0.25, 0.3) is 0 Å². The van der Waals surface area contributed by atoms with E-state index in [2.05, 4.69) is 0 Å². The first-order valence-electron chi connectivity index (χ1n) is 9.77. The Morgan fingerprint density at radius 3 is 1.92 bits per heavy atom. The molecule has 2 aromatic rings. The molecule has 5 heteroatoms. The first-order valence-corrected chi connectivity index (χ1v) is 9.77. The van der Waals surface area contributed by atoms with Gasteiger partial charge in [0, 0.05) is 10.8 Å². The van der Waals surface area contributed by atoms with Crippen molar-refractivity contribution in [3.8, 4) is 5.69 Å². The highest BCUT2D eigenvalue weighted by molar-refractivity contribution is 5.49. The largest absolute Gasteiger partial charge is 0.352 e. The maximum absolute atomic E-state index is 13.3. The van der Waals surface area contributed by atoms with Crippen LogP contribution >= 0.6 is 0 Å². The molecule has 1 aromatic carbocycles. The molecule has 2 spiro atoms. The number of aromatic nitrogens is 3. The zero-order valence-electron chi connectivity index (χ0n) is 13.8. The second-order valence-corrected chi connectivity index (χ2v) is 9.31. The molecule has 3 heterocycles. The highest BCUT2D eigenvalue weighted by atomic mass is 16.2. The standard InChI is InChI=1S/C20H19N3O2/c24-17-21(10-6-2-1-3-7-10)18(25)23-16-13-11-12(13)15(22(17)23)19-8-4-5-9-20(16,19)14(11)19/h1-3,6-7,11-16H,4-5,8-9H2/t11?,12-,13-,14?,15-,16-,19-,20+/m0/s1. The van der Waals surface area contributed by atoms with E-state index in [1.807, 2.05) is 39.7 Å². The van der Waals surface area contributed by atoms with Crippen LogP contribution in [0, 0.1) is 34.5 Å². The van der Waals surface area contributed by atoms with Gasteiger partial charge in [0.2, 0.25) is 0 Å². The van der Waals surface area contributed by atoms with Gasteiger partial charge < -0.3 is 0 Å². The van der Waals surface area contributed by atoms with Crippen molar-refractivity contribution in [2.75, 3.05) is 0 Å². The number of rotatable bonds is 1. The molecule has 8 atom stereocenters. The second-order valence-electron chi connectivity index (χ2n) is 9.31. The number of hydrogen-bond acceptors (Lipinski definition) is 2. The topological polar surface area (TPSA) is 48.9 Å². The van der Waals surface area contributed by atoms with E-state index in [0.717, 1.165) is 11.8 Å². The van der Waals surface area contributed by atoms with E-state index < -0.39 is 0 Å². The lowest BCUT2D eigenvalue weighted by atomic mass is 9.65. The van der Waals surface area contributed by atoms with Crippen LogP contribution in [0.3, 0.4) is 0 Å². The summed E-state index contributed by atoms with van der Waals surface area (Å²) < 4.78 is 5.28. The Labute approximate surface area is 143 Å². The number of nitrogens with zero attached hydrogens (tertiary/aromatic N) is 3. The first-order chi connectivity index (χ1) is 12.2. The van der Waals surface area contributed by atoms with Crippen LogP contribution in [-0.4, -0.2) is 13.9 Å². The van der Waals surface area contributed by atoms with Crippen LogP contribution in [0.25, 0.3) is 5.69 Å². The average molecular weight is 333 g/mol. The van der Waals surface area contributed by atoms with Crippen molar-refractivity contribution in [1.29, 1.82) is 0 Å². The lowest BCUT2D eigenvalue weighted by molar-refractivity contribution is -0.0241. The van der Waals surface area contributed by atoms with Crippen molar-refractivity contribution in [1.82, 2.24) is 13.9 Å². The predicted octanol–water partition coefficient (Wildman–Crippen LogP) is 1.96. The van der Waals surface area contributed by atoms with Gasteiger partial charge >= 0.3 is 11.4 Å². The van der Waals surface area contributed by atoms with Crippen LogP contribution in [0.1, 0.15) is 37.8 Å². The van der Waals surface area contributed by atoms with Gasteiger partial charge in [-0.25, -0.2) is 23.5 Å². The molecule has 0 amide bonds. The summed E-state index contributed by atoms with van der Waals surface area (Å²) in [6, 6.07) is 10.1. The second kappa shape index (κ2) is 3.19. The number of para-hydroxylation sites is 1. The summed E-state index contributed by atoms with van der Waals surface area (Å²) in [6.07, 6.45) is 5.19. The molecule has 126 valence electrons. The van der Waals surface area contributed by atoms with Gasteiger partial charge in [0.15, 0.2) is 0 Å². The summed E-state index contributed by atoms with van der Waals surface area (Å²) in [4.78, 5) is 26.7. The maximum atomic E-state index is 13.3. The summed E-state index contributed by atoms with van der Waals surface area (Å²) in [5.74, 6) is 3.03. The summed E-state index contributed by atoms with van der Waals surface area (Å²) in [7, 11) is 0. The third-order valence-electron chi connectivity index (χ3n) is 9.23. The average Bonchev–Trinajstić information content (AvgIpc) is 3.41. The van der Waals surface area contributed by atoms with Gasteiger partial charge in [-0.05, 0) is 48.6 Å². The van der Waals surface area contributed by atoms with Crippen molar-refractivity contribution >= 4 is 0 Å². The molecule has 9 rings (SSSR count). The predicted molar refractivity (Wildman–Crippen MR) is 89.7 cm³/mol. The summed E-state index contributed by atoms with van der Waals surface area (Å²) in [6.45, 7) is 0. The van der Waals surface area contributed by atoms with Crippen LogP contribution in [0.5, 0.6) is 0 Å². The van der Waals surface area contributed by atoms with Gasteiger partial charge in [-0.15, -0.1) is 0 Å². The van der Waals surface area contributed by atoms with E-state index in [-0.39, 0.29) is 11.4 Å². The van der Waals surface area contributed by atoms with Gasteiger partial charge in [-0.1, -0.05) is 31.0 Å². The number of hydrogen-bond donors (Lipinski definition) is 0. The third-order valence-corrected chi connectivity index (χ3v) is 9.23. The number of benzene rings is 1. The Balaban J connectivity index is 1.47. The molecule has 0 N–H and O–H groups in total. The quantitative estimate of drug-likeness (QED) is 0.801. The van der Waals surface area contributed by atoms with Crippen LogP contribution < -0.4 is 11.4 Å². The molecule has 2 aliphatic heterocycles. The minimum absolute atomic E-state index is 0.101. The Bertz CT molecular complexity index is 1040. The van der Waals surface area contributed by atoms with E-state index >= 15 is 0 Å². The normalized spacial score (nSPS) is 51.2. The lowest BCUT2D eigenvalue weighted by Crippen LogP contribution is -2.53. The van der Waals surface area contributed by atoms with Gasteiger partial charge in [-0.2, -0.15) is 0 Å². The molecule has 7 aliphatic rings. The molecule has 5 fully saturated rings. The summed E-state index contributed by atoms with van der Waals surface area (Å²) >= 11 is 0. The Hall–Kier alpha value is -2.04. The van der Waals surface area contributed by atoms with Crippen molar-refractivity contribution < 1.29 is 0 Å². The van der Waals surface area contributed by atoms with Crippen molar-refractivity contribution in [3.63, 3.8) is 0 Å². The molecule has 0 radical (unpaired) electrons. The molecule has 1 aromatic heterocycles. The van der Waals surface area contributed by atoms with Crippen molar-refractivity contribution in [2.45, 2.75) is 37.8 Å². The Morgan fingerprint density at radius 1 is 0.800 bits per heavy atom. The Kier molecular flexibility index (Phi) is 1.58. The fourth-order valence-corrected chi connectivity index (χ4v) is 9.09. The molecule has 25 heavy (non-hydrogen) atoms. The molecule has 5 saturated carbocycles. The highest BCUT2D eigenvalue weighted by Crippen LogP contribution is 3.04. The summed E-state index contributed by atoms with van der Waals surface area (Å²) in [5.41, 5.74) is 1.25. The maximum Gasteiger partial charge on any atom is 0.352 e. The van der Waals surface area contributed by atoms with Gasteiger partial charge in [0.05, 0.1) is 17.8 Å². The van der Waals surface area contributed by atoms with Crippen LogP contribution in [-0.2, 0) is 0 Å². The van der Waals surface area contributed by atoms with E-state index in [0.29, 0.717) is 40.4 Å². The monoisotopic (exact) mass is 333 g/mol. The van der Waals surface area contributed by atoms with Crippen LogP contribution in [0.15, 0.2) is 39.9 Å². The van der Waals surface area contributed by atoms with Crippen molar-refractivity contribution in [3.05, 3.63) is 51.3 Å². The van der Waals surface area contributed by atoms with E-state index in [1.165, 1.54) is 30.3 Å². The third kappa shape index (κ3) is 0.876. The fraction of sp³-hybridized carbons (Fsp3) is 0.600. The minimum atomic E-state index is -0.101.